The van der Waals surface area contributed by atoms with Crippen molar-refractivity contribution in [2.75, 3.05) is 7.11 Å². The van der Waals surface area contributed by atoms with E-state index in [0.29, 0.717) is 12.1 Å². The van der Waals surface area contributed by atoms with Crippen LogP contribution in [0.15, 0.2) is 0 Å². The number of nitrogens with one attached hydrogen (secondary N) is 1. The maximum absolute atomic E-state index is 5.16. The normalized spacial score (nSPS) is 32.4. The van der Waals surface area contributed by atoms with Gasteiger partial charge in [-0.05, 0) is 27.2 Å². The molecule has 1 fully saturated rings. The second kappa shape index (κ2) is 2.51. The van der Waals surface area contributed by atoms with Crippen LogP contribution >= 0.6 is 0 Å². The highest BCUT2D eigenvalue weighted by Crippen LogP contribution is 2.26. The molecular weight excluding hydrogens is 126 g/mol. The van der Waals surface area contributed by atoms with Crippen LogP contribution in [0.3, 0.4) is 0 Å². The van der Waals surface area contributed by atoms with Crippen molar-refractivity contribution in [2.24, 2.45) is 0 Å². The van der Waals surface area contributed by atoms with Crippen LogP contribution in [-0.4, -0.2) is 24.8 Å². The van der Waals surface area contributed by atoms with Gasteiger partial charge in [-0.15, -0.1) is 0 Å². The molecule has 2 atom stereocenters. The number of methoxy groups -OCH3 is 1. The Morgan fingerprint density at radius 1 is 1.40 bits per heavy atom. The summed E-state index contributed by atoms with van der Waals surface area (Å²) in [4.78, 5) is 0. The summed E-state index contributed by atoms with van der Waals surface area (Å²) in [7, 11) is 1.77. The van der Waals surface area contributed by atoms with Crippen molar-refractivity contribution < 1.29 is 4.74 Å². The van der Waals surface area contributed by atoms with Crippen molar-refractivity contribution in [3.05, 3.63) is 0 Å². The highest BCUT2D eigenvalue weighted by Gasteiger charge is 2.39. The summed E-state index contributed by atoms with van der Waals surface area (Å²) in [6, 6.07) is 0.602. The van der Waals surface area contributed by atoms with Crippen molar-refractivity contribution in [1.29, 1.82) is 0 Å². The number of ether oxygens (including phenoxy) is 1. The summed E-state index contributed by atoms with van der Waals surface area (Å²) < 4.78 is 5.16. The number of rotatable bonds is 2. The molecule has 1 rings (SSSR count). The molecule has 0 amide bonds. The van der Waals surface area contributed by atoms with Gasteiger partial charge in [-0.3, -0.25) is 0 Å². The lowest BCUT2D eigenvalue weighted by atomic mass is 10.1. The van der Waals surface area contributed by atoms with Gasteiger partial charge in [0.25, 0.3) is 0 Å². The lowest BCUT2D eigenvalue weighted by Gasteiger charge is -2.20. The first-order valence-corrected chi connectivity index (χ1v) is 3.83. The lowest BCUT2D eigenvalue weighted by molar-refractivity contribution is 0.169. The first-order chi connectivity index (χ1) is 4.53. The molecule has 1 aliphatic carbocycles. The Kier molecular flexibility index (Phi) is 2.02. The molecule has 2 heteroatoms. The molecule has 0 radical (unpaired) electrons. The summed E-state index contributed by atoms with van der Waals surface area (Å²) in [6.07, 6.45) is 1.65. The Labute approximate surface area is 63.0 Å². The van der Waals surface area contributed by atoms with E-state index in [1.165, 1.54) is 6.42 Å². The maximum atomic E-state index is 5.16. The van der Waals surface area contributed by atoms with Crippen molar-refractivity contribution in [3.63, 3.8) is 0 Å². The third-order valence-electron chi connectivity index (χ3n) is 1.65. The minimum absolute atomic E-state index is 0.234. The molecule has 0 aromatic carbocycles. The second-order valence-electron chi connectivity index (χ2n) is 4.01. The van der Waals surface area contributed by atoms with Crippen LogP contribution in [0.5, 0.6) is 0 Å². The van der Waals surface area contributed by atoms with Crippen LogP contribution in [0.2, 0.25) is 0 Å². The molecule has 0 unspecified atom stereocenters. The molecule has 0 aromatic rings. The van der Waals surface area contributed by atoms with Crippen LogP contribution in [0.25, 0.3) is 0 Å². The second-order valence-corrected chi connectivity index (χ2v) is 4.01. The highest BCUT2D eigenvalue weighted by molar-refractivity contribution is 4.97. The van der Waals surface area contributed by atoms with Crippen molar-refractivity contribution in [3.8, 4) is 0 Å². The fraction of sp³-hybridized carbons (Fsp3) is 1.00. The first kappa shape index (κ1) is 8.02. The van der Waals surface area contributed by atoms with Gasteiger partial charge in [0.15, 0.2) is 0 Å². The fourth-order valence-corrected chi connectivity index (χ4v) is 1.14. The Morgan fingerprint density at radius 3 is 2.30 bits per heavy atom. The van der Waals surface area contributed by atoms with Gasteiger partial charge in [-0.25, -0.2) is 0 Å². The van der Waals surface area contributed by atoms with Crippen LogP contribution in [-0.2, 0) is 4.74 Å². The number of hydrogen-bond acceptors (Lipinski definition) is 2. The summed E-state index contributed by atoms with van der Waals surface area (Å²) in [6.45, 7) is 6.54. The molecule has 0 heterocycles. The highest BCUT2D eigenvalue weighted by atomic mass is 16.5. The van der Waals surface area contributed by atoms with Crippen molar-refractivity contribution in [2.45, 2.75) is 44.9 Å². The summed E-state index contributed by atoms with van der Waals surface area (Å²) in [5.41, 5.74) is 0.234. The monoisotopic (exact) mass is 143 g/mol. The lowest BCUT2D eigenvalue weighted by Crippen LogP contribution is -2.38. The van der Waals surface area contributed by atoms with Gasteiger partial charge in [0.05, 0.1) is 6.10 Å². The van der Waals surface area contributed by atoms with Crippen LogP contribution < -0.4 is 5.32 Å². The zero-order valence-corrected chi connectivity index (χ0v) is 7.27. The van der Waals surface area contributed by atoms with Crippen molar-refractivity contribution >= 4 is 0 Å². The zero-order chi connectivity index (χ0) is 7.78. The van der Waals surface area contributed by atoms with Crippen LogP contribution in [0, 0.1) is 0 Å². The van der Waals surface area contributed by atoms with Gasteiger partial charge in [0, 0.05) is 18.7 Å². The summed E-state index contributed by atoms with van der Waals surface area (Å²) >= 11 is 0. The molecule has 1 saturated carbocycles. The molecule has 10 heavy (non-hydrogen) atoms. The topological polar surface area (TPSA) is 21.3 Å². The van der Waals surface area contributed by atoms with Gasteiger partial charge < -0.3 is 10.1 Å². The SMILES string of the molecule is CO[C@H]1C[C@@H]1NC(C)(C)C. The van der Waals surface area contributed by atoms with E-state index in [9.17, 15) is 0 Å². The molecule has 1 N–H and O–H groups in total. The average molecular weight is 143 g/mol. The van der Waals surface area contributed by atoms with Gasteiger partial charge in [-0.2, -0.15) is 0 Å². The predicted molar refractivity (Wildman–Crippen MR) is 42.1 cm³/mol. The van der Waals surface area contributed by atoms with E-state index in [1.54, 1.807) is 7.11 Å². The Bertz CT molecular complexity index is 117. The first-order valence-electron chi connectivity index (χ1n) is 3.83. The third kappa shape index (κ3) is 2.27. The summed E-state index contributed by atoms with van der Waals surface area (Å²) in [5, 5.41) is 3.47. The number of hydrogen-bond donors (Lipinski definition) is 1. The smallest absolute Gasteiger partial charge is 0.0741 e. The van der Waals surface area contributed by atoms with Crippen LogP contribution in [0.1, 0.15) is 27.2 Å². The zero-order valence-electron chi connectivity index (χ0n) is 7.27. The molecular formula is C8H17NO. The minimum atomic E-state index is 0.234. The molecule has 0 saturated heterocycles. The Hall–Kier alpha value is -0.0800. The minimum Gasteiger partial charge on any atom is -0.380 e. The van der Waals surface area contributed by atoms with Crippen molar-refractivity contribution in [1.82, 2.24) is 5.32 Å². The van der Waals surface area contributed by atoms with E-state index in [1.807, 2.05) is 0 Å². The van der Waals surface area contributed by atoms with Gasteiger partial charge in [0.1, 0.15) is 0 Å². The molecule has 0 aliphatic heterocycles. The molecule has 0 spiro atoms. The van der Waals surface area contributed by atoms with Gasteiger partial charge in [0.2, 0.25) is 0 Å². The van der Waals surface area contributed by atoms with E-state index < -0.39 is 0 Å². The van der Waals surface area contributed by atoms with E-state index in [2.05, 4.69) is 26.1 Å². The van der Waals surface area contributed by atoms with E-state index in [-0.39, 0.29) is 5.54 Å². The van der Waals surface area contributed by atoms with E-state index in [4.69, 9.17) is 4.74 Å². The molecule has 60 valence electrons. The Morgan fingerprint density at radius 2 is 2.00 bits per heavy atom. The predicted octanol–water partition coefficient (Wildman–Crippen LogP) is 1.16. The molecule has 0 bridgehead atoms. The summed E-state index contributed by atoms with van der Waals surface area (Å²) in [5.74, 6) is 0. The third-order valence-corrected chi connectivity index (χ3v) is 1.65. The van der Waals surface area contributed by atoms with Gasteiger partial charge in [-0.1, -0.05) is 0 Å². The van der Waals surface area contributed by atoms with Gasteiger partial charge >= 0.3 is 0 Å². The quantitative estimate of drug-likeness (QED) is 0.626. The van der Waals surface area contributed by atoms with E-state index >= 15 is 0 Å². The average Bonchev–Trinajstić information content (AvgIpc) is 2.42. The van der Waals surface area contributed by atoms with Crippen LogP contribution in [0.4, 0.5) is 0 Å². The Balaban J connectivity index is 2.18. The molecule has 1 aliphatic rings. The van der Waals surface area contributed by atoms with E-state index in [0.717, 1.165) is 0 Å². The molecule has 2 nitrogen and oxygen atoms in total. The standard InChI is InChI=1S/C8H17NO/c1-8(2,3)9-6-5-7(6)10-4/h6-7,9H,5H2,1-4H3/t6-,7-/m0/s1. The molecule has 0 aromatic heterocycles. The fourth-order valence-electron chi connectivity index (χ4n) is 1.14. The largest absolute Gasteiger partial charge is 0.380 e. The maximum Gasteiger partial charge on any atom is 0.0741 e.